The Bertz CT molecular complexity index is 1390. The molecule has 0 unspecified atom stereocenters. The van der Waals surface area contributed by atoms with Gasteiger partial charge in [0.05, 0.1) is 17.4 Å². The molecule has 6 heteroatoms. The maximum Gasteiger partial charge on any atom is 0.161 e. The highest BCUT2D eigenvalue weighted by molar-refractivity contribution is 6.04. The second-order valence-electron chi connectivity index (χ2n) is 8.03. The molecular weight excluding hydrogens is 391 g/mol. The van der Waals surface area contributed by atoms with Gasteiger partial charge in [0.15, 0.2) is 5.78 Å². The Kier molecular flexibility index (Phi) is 3.99. The number of aromatic amines is 1. The molecule has 4 aromatic rings. The van der Waals surface area contributed by atoms with Crippen molar-refractivity contribution in [2.45, 2.75) is 25.2 Å². The molecule has 5 nitrogen and oxygen atoms in total. The van der Waals surface area contributed by atoms with Crippen molar-refractivity contribution >= 4 is 22.4 Å². The fourth-order valence-electron chi connectivity index (χ4n) is 4.93. The van der Waals surface area contributed by atoms with Gasteiger partial charge < -0.3 is 5.32 Å². The third-order valence-corrected chi connectivity index (χ3v) is 6.24. The Hall–Kier alpha value is -3.80. The van der Waals surface area contributed by atoms with E-state index < -0.39 is 0 Å². The van der Waals surface area contributed by atoms with E-state index in [1.54, 1.807) is 18.5 Å². The van der Waals surface area contributed by atoms with Gasteiger partial charge in [0.2, 0.25) is 0 Å². The summed E-state index contributed by atoms with van der Waals surface area (Å²) in [7, 11) is 0. The lowest BCUT2D eigenvalue weighted by molar-refractivity contribution is -0.116. The van der Waals surface area contributed by atoms with Gasteiger partial charge in [-0.3, -0.25) is 14.9 Å². The van der Waals surface area contributed by atoms with Gasteiger partial charge in [0, 0.05) is 52.0 Å². The number of carbonyl (C=O) groups excluding carboxylic acids is 1. The number of H-pyrrole nitrogens is 1. The summed E-state index contributed by atoms with van der Waals surface area (Å²) in [5, 5.41) is 11.9. The van der Waals surface area contributed by atoms with Gasteiger partial charge in [0.1, 0.15) is 5.82 Å². The standard InChI is InChI=1S/C25H19FN4O/c26-15-5-1-4-14(12-15)25-17(13-28-30-25)23-22-16-6-3-11-27-18(16)9-10-20(22)29-19-7-2-8-21(31)24(19)23/h1,3-6,9-13,23,29H,2,7-8H2,(H,28,30)/t23-/m0/s1. The van der Waals surface area contributed by atoms with Crippen molar-refractivity contribution in [2.24, 2.45) is 0 Å². The van der Waals surface area contributed by atoms with E-state index in [2.05, 4.69) is 20.5 Å². The maximum atomic E-state index is 14.0. The molecule has 1 aliphatic heterocycles. The van der Waals surface area contributed by atoms with Crippen molar-refractivity contribution in [3.8, 4) is 11.3 Å². The molecule has 6 rings (SSSR count). The predicted molar refractivity (Wildman–Crippen MR) is 117 cm³/mol. The van der Waals surface area contributed by atoms with Crippen LogP contribution in [0.1, 0.15) is 36.3 Å². The largest absolute Gasteiger partial charge is 0.358 e. The highest BCUT2D eigenvalue weighted by Gasteiger charge is 2.38. The lowest BCUT2D eigenvalue weighted by Crippen LogP contribution is -2.27. The number of aromatic nitrogens is 3. The van der Waals surface area contributed by atoms with E-state index in [-0.39, 0.29) is 17.5 Å². The quantitative estimate of drug-likeness (QED) is 0.469. The van der Waals surface area contributed by atoms with Gasteiger partial charge >= 0.3 is 0 Å². The van der Waals surface area contributed by atoms with Gasteiger partial charge in [-0.1, -0.05) is 18.2 Å². The lowest BCUT2D eigenvalue weighted by Gasteiger charge is -2.34. The van der Waals surface area contributed by atoms with Gasteiger partial charge in [-0.05, 0) is 48.7 Å². The van der Waals surface area contributed by atoms with Crippen LogP contribution in [0.2, 0.25) is 0 Å². The van der Waals surface area contributed by atoms with Crippen LogP contribution in [-0.4, -0.2) is 21.0 Å². The molecule has 31 heavy (non-hydrogen) atoms. The summed E-state index contributed by atoms with van der Waals surface area (Å²) in [6, 6.07) is 14.4. The average molecular weight is 410 g/mol. The molecule has 2 N–H and O–H groups in total. The minimum atomic E-state index is -0.313. The van der Waals surface area contributed by atoms with Crippen LogP contribution in [0, 0.1) is 5.82 Å². The number of fused-ring (bicyclic) bond motifs is 3. The number of hydrogen-bond acceptors (Lipinski definition) is 4. The highest BCUT2D eigenvalue weighted by atomic mass is 19.1. The first-order valence-electron chi connectivity index (χ1n) is 10.4. The van der Waals surface area contributed by atoms with Gasteiger partial charge in [-0.15, -0.1) is 0 Å². The number of anilines is 1. The van der Waals surface area contributed by atoms with E-state index in [0.29, 0.717) is 12.0 Å². The molecule has 2 aliphatic rings. The molecule has 0 radical (unpaired) electrons. The molecule has 0 bridgehead atoms. The number of carbonyl (C=O) groups is 1. The molecule has 2 aromatic heterocycles. The Balaban J connectivity index is 1.66. The van der Waals surface area contributed by atoms with Crippen molar-refractivity contribution < 1.29 is 9.18 Å². The molecule has 152 valence electrons. The van der Waals surface area contributed by atoms with Gasteiger partial charge in [0.25, 0.3) is 0 Å². The summed E-state index contributed by atoms with van der Waals surface area (Å²) in [5.41, 5.74) is 6.92. The molecule has 2 aromatic carbocycles. The molecule has 0 saturated carbocycles. The summed E-state index contributed by atoms with van der Waals surface area (Å²) in [4.78, 5) is 17.7. The SMILES string of the molecule is O=C1CCCC2=C1[C@@H](c1cn[nH]c1-c1cccc(F)c1)c1c(ccc3ncccc13)N2. The summed E-state index contributed by atoms with van der Waals surface area (Å²) >= 11 is 0. The number of nitrogens with zero attached hydrogens (tertiary/aromatic N) is 2. The molecule has 1 aliphatic carbocycles. The molecule has 1 atom stereocenters. The van der Waals surface area contributed by atoms with Crippen molar-refractivity contribution in [3.63, 3.8) is 0 Å². The van der Waals surface area contributed by atoms with Crippen molar-refractivity contribution in [3.05, 3.63) is 89.1 Å². The van der Waals surface area contributed by atoms with Crippen molar-refractivity contribution in [1.82, 2.24) is 15.2 Å². The normalized spacial score (nSPS) is 18.0. The second kappa shape index (κ2) is 6.87. The smallest absolute Gasteiger partial charge is 0.161 e. The minimum Gasteiger partial charge on any atom is -0.358 e. The predicted octanol–water partition coefficient (Wildman–Crippen LogP) is 5.33. The van der Waals surface area contributed by atoms with E-state index in [0.717, 1.165) is 57.5 Å². The third kappa shape index (κ3) is 2.79. The number of benzene rings is 2. The van der Waals surface area contributed by atoms with E-state index in [1.807, 2.05) is 30.3 Å². The van der Waals surface area contributed by atoms with Crippen LogP contribution in [0.5, 0.6) is 0 Å². The summed E-state index contributed by atoms with van der Waals surface area (Å²) in [6.45, 7) is 0. The number of rotatable bonds is 2. The molecule has 0 spiro atoms. The van der Waals surface area contributed by atoms with Gasteiger partial charge in [-0.25, -0.2) is 4.39 Å². The topological polar surface area (TPSA) is 70.7 Å². The van der Waals surface area contributed by atoms with E-state index in [4.69, 9.17) is 0 Å². The first-order chi connectivity index (χ1) is 15.2. The lowest BCUT2D eigenvalue weighted by atomic mass is 9.74. The number of halogens is 1. The van der Waals surface area contributed by atoms with Crippen LogP contribution >= 0.6 is 0 Å². The van der Waals surface area contributed by atoms with E-state index in [1.165, 1.54) is 12.1 Å². The minimum absolute atomic E-state index is 0.150. The molecule has 0 amide bonds. The molecule has 3 heterocycles. The number of Topliss-reactive ketones (excluding diaryl/α,β-unsaturated/α-hetero) is 1. The van der Waals surface area contributed by atoms with Crippen LogP contribution < -0.4 is 5.32 Å². The maximum absolute atomic E-state index is 14.0. The Labute approximate surface area is 178 Å². The summed E-state index contributed by atoms with van der Waals surface area (Å²) < 4.78 is 14.0. The molecular formula is C25H19FN4O. The van der Waals surface area contributed by atoms with Crippen LogP contribution in [0.15, 0.2) is 72.2 Å². The third-order valence-electron chi connectivity index (χ3n) is 6.24. The summed E-state index contributed by atoms with van der Waals surface area (Å²) in [6.07, 6.45) is 5.73. The Morgan fingerprint density at radius 1 is 1.06 bits per heavy atom. The van der Waals surface area contributed by atoms with Crippen LogP contribution in [0.3, 0.4) is 0 Å². The number of ketones is 1. The number of pyridine rings is 1. The zero-order chi connectivity index (χ0) is 20.9. The van der Waals surface area contributed by atoms with Gasteiger partial charge in [-0.2, -0.15) is 5.10 Å². The molecule has 0 fully saturated rings. The number of hydrogen-bond donors (Lipinski definition) is 2. The number of nitrogens with one attached hydrogen (secondary N) is 2. The zero-order valence-corrected chi connectivity index (χ0v) is 16.7. The fraction of sp³-hybridized carbons (Fsp3) is 0.160. The molecule has 0 saturated heterocycles. The summed E-state index contributed by atoms with van der Waals surface area (Å²) in [5.74, 6) is -0.465. The highest BCUT2D eigenvalue weighted by Crippen LogP contribution is 2.49. The van der Waals surface area contributed by atoms with Crippen LogP contribution in [0.4, 0.5) is 10.1 Å². The van der Waals surface area contributed by atoms with Crippen molar-refractivity contribution in [1.29, 1.82) is 0 Å². The van der Waals surface area contributed by atoms with E-state index in [9.17, 15) is 9.18 Å². The second-order valence-corrected chi connectivity index (χ2v) is 8.03. The first kappa shape index (κ1) is 18.0. The Morgan fingerprint density at radius 2 is 2.00 bits per heavy atom. The average Bonchev–Trinajstić information content (AvgIpc) is 3.27. The number of allylic oxidation sites excluding steroid dienone is 2. The van der Waals surface area contributed by atoms with Crippen LogP contribution in [-0.2, 0) is 4.79 Å². The fourth-order valence-corrected chi connectivity index (χ4v) is 4.93. The monoisotopic (exact) mass is 410 g/mol. The zero-order valence-electron chi connectivity index (χ0n) is 16.7. The van der Waals surface area contributed by atoms with Crippen LogP contribution in [0.25, 0.3) is 22.2 Å². The Morgan fingerprint density at radius 3 is 2.90 bits per heavy atom. The van der Waals surface area contributed by atoms with E-state index >= 15 is 0 Å². The van der Waals surface area contributed by atoms with Crippen molar-refractivity contribution in [2.75, 3.05) is 5.32 Å². The first-order valence-corrected chi connectivity index (χ1v) is 10.4.